The summed E-state index contributed by atoms with van der Waals surface area (Å²) in [6, 6.07) is 3.04. The summed E-state index contributed by atoms with van der Waals surface area (Å²) in [5, 5.41) is 2.95. The summed E-state index contributed by atoms with van der Waals surface area (Å²) in [5.74, 6) is 0.372. The Morgan fingerprint density at radius 1 is 1.53 bits per heavy atom. The lowest BCUT2D eigenvalue weighted by Crippen LogP contribution is -2.42. The molecule has 1 aromatic rings. The maximum atomic E-state index is 11.3. The van der Waals surface area contributed by atoms with Crippen molar-refractivity contribution in [2.24, 2.45) is 0 Å². The first-order valence-electron chi connectivity index (χ1n) is 4.48. The van der Waals surface area contributed by atoms with Crippen molar-refractivity contribution in [3.63, 3.8) is 0 Å². The van der Waals surface area contributed by atoms with Gasteiger partial charge in [0.05, 0.1) is 0 Å². The molecular formula is C10H13ClN2O2. The summed E-state index contributed by atoms with van der Waals surface area (Å²) in [4.78, 5) is 15.1. The second-order valence-electron chi connectivity index (χ2n) is 4.08. The molecule has 0 aliphatic carbocycles. The monoisotopic (exact) mass is 228 g/mol. The van der Waals surface area contributed by atoms with Crippen LogP contribution in [-0.4, -0.2) is 16.6 Å². The highest BCUT2D eigenvalue weighted by Crippen LogP contribution is 2.14. The van der Waals surface area contributed by atoms with Crippen LogP contribution in [0.1, 0.15) is 20.8 Å². The molecule has 0 spiro atoms. The first kappa shape index (κ1) is 11.8. The van der Waals surface area contributed by atoms with Crippen LogP contribution in [0.3, 0.4) is 0 Å². The Morgan fingerprint density at radius 2 is 2.20 bits per heavy atom. The van der Waals surface area contributed by atoms with Gasteiger partial charge in [0, 0.05) is 17.8 Å². The van der Waals surface area contributed by atoms with Crippen LogP contribution in [0.5, 0.6) is 5.75 Å². The van der Waals surface area contributed by atoms with Gasteiger partial charge in [-0.2, -0.15) is 0 Å². The lowest BCUT2D eigenvalue weighted by Gasteiger charge is -2.19. The van der Waals surface area contributed by atoms with Gasteiger partial charge in [-0.3, -0.25) is 0 Å². The predicted molar refractivity (Wildman–Crippen MR) is 58.2 cm³/mol. The van der Waals surface area contributed by atoms with Crippen LogP contribution in [0.15, 0.2) is 18.3 Å². The van der Waals surface area contributed by atoms with Crippen LogP contribution in [0.4, 0.5) is 4.79 Å². The molecule has 0 saturated carbocycles. The van der Waals surface area contributed by atoms with Crippen LogP contribution in [0.25, 0.3) is 0 Å². The zero-order valence-corrected chi connectivity index (χ0v) is 9.63. The van der Waals surface area contributed by atoms with E-state index in [-0.39, 0.29) is 10.7 Å². The summed E-state index contributed by atoms with van der Waals surface area (Å²) in [5.41, 5.74) is -0.325. The largest absolute Gasteiger partial charge is 0.413 e. The van der Waals surface area contributed by atoms with Gasteiger partial charge >= 0.3 is 6.09 Å². The molecule has 1 amide bonds. The number of carbonyl (C=O) groups excluding carboxylic acids is 1. The number of nitrogens with one attached hydrogen (secondary N) is 1. The fourth-order valence-corrected chi connectivity index (χ4v) is 1.05. The molecule has 0 radical (unpaired) electrons. The number of amides is 1. The Labute approximate surface area is 93.6 Å². The van der Waals surface area contributed by atoms with E-state index < -0.39 is 6.09 Å². The smallest absolute Gasteiger partial charge is 0.410 e. The fraction of sp³-hybridized carbons (Fsp3) is 0.400. The number of pyridine rings is 1. The number of carbonyl (C=O) groups is 1. The standard InChI is InChI=1S/C10H13ClN2O2/c1-10(2,3)13-9(14)15-7-4-5-12-8(11)6-7/h4-6H,1-3H3,(H,13,14). The summed E-state index contributed by atoms with van der Waals surface area (Å²) in [7, 11) is 0. The van der Waals surface area contributed by atoms with E-state index in [0.29, 0.717) is 5.75 Å². The third-order valence-electron chi connectivity index (χ3n) is 1.39. The summed E-state index contributed by atoms with van der Waals surface area (Å²) in [6.07, 6.45) is 0.965. The van der Waals surface area contributed by atoms with Crippen molar-refractivity contribution in [2.75, 3.05) is 0 Å². The van der Waals surface area contributed by atoms with Gasteiger partial charge in [0.15, 0.2) is 0 Å². The molecule has 1 rings (SSSR count). The molecule has 1 heterocycles. The minimum absolute atomic E-state index is 0.288. The number of ether oxygens (including phenoxy) is 1. The van der Waals surface area contributed by atoms with Crippen molar-refractivity contribution >= 4 is 17.7 Å². The van der Waals surface area contributed by atoms with Crippen LogP contribution in [0, 0.1) is 0 Å². The van der Waals surface area contributed by atoms with Gasteiger partial charge in [-0.15, -0.1) is 0 Å². The second kappa shape index (κ2) is 4.49. The Hall–Kier alpha value is -1.29. The minimum Gasteiger partial charge on any atom is -0.410 e. The van der Waals surface area contributed by atoms with Crippen LogP contribution in [-0.2, 0) is 0 Å². The van der Waals surface area contributed by atoms with E-state index in [9.17, 15) is 4.79 Å². The maximum Gasteiger partial charge on any atom is 0.413 e. The third kappa shape index (κ3) is 4.65. The number of nitrogens with zero attached hydrogens (tertiary/aromatic N) is 1. The fourth-order valence-electron chi connectivity index (χ4n) is 0.887. The highest BCUT2D eigenvalue weighted by atomic mass is 35.5. The van der Waals surface area contributed by atoms with Crippen molar-refractivity contribution in [2.45, 2.75) is 26.3 Å². The molecule has 15 heavy (non-hydrogen) atoms. The molecule has 0 fully saturated rings. The second-order valence-corrected chi connectivity index (χ2v) is 4.47. The predicted octanol–water partition coefficient (Wildman–Crippen LogP) is 2.62. The van der Waals surface area contributed by atoms with E-state index in [4.69, 9.17) is 16.3 Å². The zero-order valence-electron chi connectivity index (χ0n) is 8.87. The SMILES string of the molecule is CC(C)(C)NC(=O)Oc1ccnc(Cl)c1. The maximum absolute atomic E-state index is 11.3. The van der Waals surface area contributed by atoms with Crippen molar-refractivity contribution in [1.29, 1.82) is 0 Å². The lowest BCUT2D eigenvalue weighted by atomic mass is 10.1. The molecule has 82 valence electrons. The van der Waals surface area contributed by atoms with Gasteiger partial charge in [-0.05, 0) is 26.8 Å². The van der Waals surface area contributed by atoms with Gasteiger partial charge in [0.25, 0.3) is 0 Å². The Morgan fingerprint density at radius 3 is 2.73 bits per heavy atom. The zero-order chi connectivity index (χ0) is 11.5. The molecule has 0 saturated heterocycles. The van der Waals surface area contributed by atoms with Crippen molar-refractivity contribution in [3.8, 4) is 5.75 Å². The van der Waals surface area contributed by atoms with Crippen LogP contribution in [0.2, 0.25) is 5.15 Å². The normalized spacial score (nSPS) is 10.9. The highest BCUT2D eigenvalue weighted by molar-refractivity contribution is 6.29. The topological polar surface area (TPSA) is 51.2 Å². The molecule has 5 heteroatoms. The van der Waals surface area contributed by atoms with E-state index in [2.05, 4.69) is 10.3 Å². The highest BCUT2D eigenvalue weighted by Gasteiger charge is 2.15. The molecule has 0 bridgehead atoms. The van der Waals surface area contributed by atoms with Gasteiger partial charge < -0.3 is 10.1 Å². The van der Waals surface area contributed by atoms with E-state index in [1.807, 2.05) is 20.8 Å². The van der Waals surface area contributed by atoms with Gasteiger partial charge in [0.1, 0.15) is 10.9 Å². The number of rotatable bonds is 1. The number of hydrogen-bond donors (Lipinski definition) is 1. The molecule has 0 aliphatic heterocycles. The van der Waals surface area contributed by atoms with Crippen molar-refractivity contribution in [3.05, 3.63) is 23.5 Å². The molecule has 0 atom stereocenters. The average molecular weight is 229 g/mol. The molecule has 1 aromatic heterocycles. The molecular weight excluding hydrogens is 216 g/mol. The number of aromatic nitrogens is 1. The molecule has 0 unspecified atom stereocenters. The Bertz CT molecular complexity index is 361. The Kier molecular flexibility index (Phi) is 3.52. The molecule has 4 nitrogen and oxygen atoms in total. The number of halogens is 1. The van der Waals surface area contributed by atoms with Crippen molar-refractivity contribution in [1.82, 2.24) is 10.3 Å². The van der Waals surface area contributed by atoms with Crippen molar-refractivity contribution < 1.29 is 9.53 Å². The minimum atomic E-state index is -0.509. The summed E-state index contributed by atoms with van der Waals surface area (Å²) >= 11 is 5.64. The first-order valence-corrected chi connectivity index (χ1v) is 4.86. The van der Waals surface area contributed by atoms with Crippen LogP contribution < -0.4 is 10.1 Å². The van der Waals surface area contributed by atoms with E-state index in [1.165, 1.54) is 12.3 Å². The summed E-state index contributed by atoms with van der Waals surface area (Å²) < 4.78 is 5.00. The first-order chi connectivity index (χ1) is 6.87. The Balaban J connectivity index is 2.59. The number of hydrogen-bond acceptors (Lipinski definition) is 3. The van der Waals surface area contributed by atoms with Gasteiger partial charge in [-0.25, -0.2) is 9.78 Å². The van der Waals surface area contributed by atoms with E-state index in [0.717, 1.165) is 0 Å². The quantitative estimate of drug-likeness (QED) is 0.752. The lowest BCUT2D eigenvalue weighted by molar-refractivity contribution is 0.190. The molecule has 0 aliphatic rings. The van der Waals surface area contributed by atoms with E-state index in [1.54, 1.807) is 6.07 Å². The van der Waals surface area contributed by atoms with E-state index >= 15 is 0 Å². The van der Waals surface area contributed by atoms with Gasteiger partial charge in [0.2, 0.25) is 0 Å². The van der Waals surface area contributed by atoms with Crippen LogP contribution >= 0.6 is 11.6 Å². The summed E-state index contributed by atoms with van der Waals surface area (Å²) in [6.45, 7) is 5.61. The van der Waals surface area contributed by atoms with Gasteiger partial charge in [-0.1, -0.05) is 11.6 Å². The average Bonchev–Trinajstić information content (AvgIpc) is 1.99. The molecule has 1 N–H and O–H groups in total. The third-order valence-corrected chi connectivity index (χ3v) is 1.59. The molecule has 0 aromatic carbocycles.